The minimum Gasteiger partial charge on any atom is -0.355 e. The molecule has 0 aliphatic carbocycles. The molecule has 2 saturated heterocycles. The van der Waals surface area contributed by atoms with Gasteiger partial charge in [-0.2, -0.15) is 5.26 Å². The van der Waals surface area contributed by atoms with Gasteiger partial charge in [-0.15, -0.1) is 0 Å². The predicted octanol–water partition coefficient (Wildman–Crippen LogP) is 2.76. The third kappa shape index (κ3) is 3.63. The summed E-state index contributed by atoms with van der Waals surface area (Å²) in [4.78, 5) is 25.5. The lowest BCUT2D eigenvalue weighted by atomic mass is 9.73. The van der Waals surface area contributed by atoms with Crippen LogP contribution < -0.4 is 4.90 Å². The Balaban J connectivity index is 1.53. The standard InChI is InChI=1S/C21H23N5O/c22-13-17-5-3-11-24-20(17)25-12-4-8-21(15-25)9-7-19(27)26(16-21)14-18-6-1-2-10-23-18/h1-3,5-6,10-11H,4,7-9,12,14-16H2/t21-/m0/s1. The molecule has 2 aromatic heterocycles. The maximum Gasteiger partial charge on any atom is 0.222 e. The average Bonchev–Trinajstić information content (AvgIpc) is 2.72. The van der Waals surface area contributed by atoms with Crippen molar-refractivity contribution in [1.29, 1.82) is 5.26 Å². The van der Waals surface area contributed by atoms with Crippen molar-refractivity contribution >= 4 is 11.7 Å². The summed E-state index contributed by atoms with van der Waals surface area (Å²) in [6.07, 6.45) is 7.14. The van der Waals surface area contributed by atoms with Gasteiger partial charge in [-0.1, -0.05) is 6.07 Å². The summed E-state index contributed by atoms with van der Waals surface area (Å²) in [7, 11) is 0. The van der Waals surface area contributed by atoms with Crippen LogP contribution in [0.2, 0.25) is 0 Å². The third-order valence-corrected chi connectivity index (χ3v) is 5.70. The summed E-state index contributed by atoms with van der Waals surface area (Å²) in [6, 6.07) is 11.7. The number of likely N-dealkylation sites (tertiary alicyclic amines) is 1. The van der Waals surface area contributed by atoms with E-state index in [-0.39, 0.29) is 11.3 Å². The lowest BCUT2D eigenvalue weighted by molar-refractivity contribution is -0.138. The van der Waals surface area contributed by atoms with E-state index in [1.807, 2.05) is 29.2 Å². The van der Waals surface area contributed by atoms with E-state index in [0.717, 1.165) is 50.4 Å². The van der Waals surface area contributed by atoms with Crippen LogP contribution in [-0.4, -0.2) is 40.4 Å². The zero-order valence-electron chi connectivity index (χ0n) is 15.3. The number of pyridine rings is 2. The van der Waals surface area contributed by atoms with Gasteiger partial charge in [-0.05, 0) is 43.5 Å². The van der Waals surface area contributed by atoms with Gasteiger partial charge >= 0.3 is 0 Å². The molecule has 1 amide bonds. The number of amides is 1. The molecule has 6 nitrogen and oxygen atoms in total. The van der Waals surface area contributed by atoms with Crippen LogP contribution in [0.4, 0.5) is 5.82 Å². The molecule has 0 bridgehead atoms. The van der Waals surface area contributed by atoms with E-state index in [0.29, 0.717) is 18.5 Å². The van der Waals surface area contributed by atoms with Crippen LogP contribution in [0.3, 0.4) is 0 Å². The predicted molar refractivity (Wildman–Crippen MR) is 102 cm³/mol. The van der Waals surface area contributed by atoms with Crippen molar-refractivity contribution in [2.45, 2.75) is 32.2 Å². The number of anilines is 1. The van der Waals surface area contributed by atoms with Crippen LogP contribution in [0, 0.1) is 16.7 Å². The molecular formula is C21H23N5O. The average molecular weight is 361 g/mol. The van der Waals surface area contributed by atoms with E-state index in [9.17, 15) is 10.1 Å². The number of piperidine rings is 2. The molecule has 6 heteroatoms. The third-order valence-electron chi connectivity index (χ3n) is 5.70. The van der Waals surface area contributed by atoms with Crippen molar-refractivity contribution < 1.29 is 4.79 Å². The summed E-state index contributed by atoms with van der Waals surface area (Å²) < 4.78 is 0. The van der Waals surface area contributed by atoms with E-state index < -0.39 is 0 Å². The quantitative estimate of drug-likeness (QED) is 0.840. The van der Waals surface area contributed by atoms with Crippen LogP contribution >= 0.6 is 0 Å². The molecule has 4 heterocycles. The number of aromatic nitrogens is 2. The molecule has 0 N–H and O–H groups in total. The van der Waals surface area contributed by atoms with Crippen LogP contribution in [-0.2, 0) is 11.3 Å². The number of nitrogens with zero attached hydrogens (tertiary/aromatic N) is 5. The molecular weight excluding hydrogens is 338 g/mol. The fourth-order valence-electron chi connectivity index (χ4n) is 4.39. The van der Waals surface area contributed by atoms with Crippen molar-refractivity contribution in [3.63, 3.8) is 0 Å². The topological polar surface area (TPSA) is 73.1 Å². The smallest absolute Gasteiger partial charge is 0.222 e. The second-order valence-electron chi connectivity index (χ2n) is 7.58. The molecule has 1 spiro atoms. The van der Waals surface area contributed by atoms with Gasteiger partial charge in [0.25, 0.3) is 0 Å². The van der Waals surface area contributed by atoms with Gasteiger partial charge in [-0.25, -0.2) is 4.98 Å². The minimum atomic E-state index is 0.0607. The summed E-state index contributed by atoms with van der Waals surface area (Å²) >= 11 is 0. The summed E-state index contributed by atoms with van der Waals surface area (Å²) in [5, 5.41) is 9.42. The maximum absolute atomic E-state index is 12.5. The molecule has 138 valence electrons. The number of carbonyl (C=O) groups excluding carboxylic acids is 1. The van der Waals surface area contributed by atoms with Crippen molar-refractivity contribution in [3.8, 4) is 6.07 Å². The van der Waals surface area contributed by atoms with Gasteiger partial charge in [0.1, 0.15) is 11.9 Å². The second-order valence-corrected chi connectivity index (χ2v) is 7.58. The van der Waals surface area contributed by atoms with E-state index in [2.05, 4.69) is 20.9 Å². The van der Waals surface area contributed by atoms with Gasteiger partial charge in [0.2, 0.25) is 5.91 Å². The Hall–Kier alpha value is -2.94. The molecule has 0 aromatic carbocycles. The highest BCUT2D eigenvalue weighted by Crippen LogP contribution is 2.40. The monoisotopic (exact) mass is 361 g/mol. The van der Waals surface area contributed by atoms with Crippen molar-refractivity contribution in [3.05, 3.63) is 54.0 Å². The Labute approximate surface area is 159 Å². The van der Waals surface area contributed by atoms with E-state index in [1.54, 1.807) is 18.5 Å². The van der Waals surface area contributed by atoms with Crippen LogP contribution in [0.25, 0.3) is 0 Å². The zero-order chi connectivity index (χ0) is 18.7. The van der Waals surface area contributed by atoms with Crippen molar-refractivity contribution in [2.24, 2.45) is 5.41 Å². The van der Waals surface area contributed by atoms with E-state index in [4.69, 9.17) is 0 Å². The van der Waals surface area contributed by atoms with Crippen LogP contribution in [0.15, 0.2) is 42.7 Å². The first-order valence-electron chi connectivity index (χ1n) is 9.47. The Morgan fingerprint density at radius 2 is 2.00 bits per heavy atom. The number of carbonyl (C=O) groups is 1. The SMILES string of the molecule is N#Cc1cccnc1N1CCC[C@]2(CCC(=O)N(Cc3ccccn3)C2)C1. The first-order valence-corrected chi connectivity index (χ1v) is 9.47. The molecule has 0 radical (unpaired) electrons. The molecule has 0 unspecified atom stereocenters. The van der Waals surface area contributed by atoms with Gasteiger partial charge in [0, 0.05) is 43.9 Å². The molecule has 0 saturated carbocycles. The fraction of sp³-hybridized carbons (Fsp3) is 0.429. The molecule has 2 aliphatic heterocycles. The lowest BCUT2D eigenvalue weighted by Gasteiger charge is -2.48. The summed E-state index contributed by atoms with van der Waals surface area (Å²) in [5.41, 5.74) is 1.60. The molecule has 4 rings (SSSR count). The lowest BCUT2D eigenvalue weighted by Crippen LogP contribution is -2.54. The Kier molecular flexibility index (Phi) is 4.76. The van der Waals surface area contributed by atoms with Crippen LogP contribution in [0.5, 0.6) is 0 Å². The second kappa shape index (κ2) is 7.36. The number of rotatable bonds is 3. The van der Waals surface area contributed by atoms with Crippen molar-refractivity contribution in [1.82, 2.24) is 14.9 Å². The summed E-state index contributed by atoms with van der Waals surface area (Å²) in [5.74, 6) is 0.978. The molecule has 1 atom stereocenters. The molecule has 2 aliphatic rings. The highest BCUT2D eigenvalue weighted by Gasteiger charge is 2.42. The first kappa shape index (κ1) is 17.5. The van der Waals surface area contributed by atoms with E-state index >= 15 is 0 Å². The van der Waals surface area contributed by atoms with Gasteiger partial charge < -0.3 is 9.80 Å². The Morgan fingerprint density at radius 1 is 1.11 bits per heavy atom. The number of hydrogen-bond donors (Lipinski definition) is 0. The molecule has 2 aromatic rings. The fourth-order valence-corrected chi connectivity index (χ4v) is 4.39. The van der Waals surface area contributed by atoms with Crippen LogP contribution in [0.1, 0.15) is 36.9 Å². The van der Waals surface area contributed by atoms with Gasteiger partial charge in [-0.3, -0.25) is 9.78 Å². The first-order chi connectivity index (χ1) is 13.2. The Morgan fingerprint density at radius 3 is 2.81 bits per heavy atom. The maximum atomic E-state index is 12.5. The van der Waals surface area contributed by atoms with Gasteiger partial charge in [0.05, 0.1) is 17.8 Å². The Bertz CT molecular complexity index is 862. The van der Waals surface area contributed by atoms with Gasteiger partial charge in [0.15, 0.2) is 0 Å². The molecule has 2 fully saturated rings. The highest BCUT2D eigenvalue weighted by molar-refractivity contribution is 5.77. The zero-order valence-corrected chi connectivity index (χ0v) is 15.3. The minimum absolute atomic E-state index is 0.0607. The largest absolute Gasteiger partial charge is 0.355 e. The van der Waals surface area contributed by atoms with E-state index in [1.165, 1.54) is 0 Å². The number of nitriles is 1. The van der Waals surface area contributed by atoms with Crippen molar-refractivity contribution in [2.75, 3.05) is 24.5 Å². The highest BCUT2D eigenvalue weighted by atomic mass is 16.2. The summed E-state index contributed by atoms with van der Waals surface area (Å²) in [6.45, 7) is 3.05. The normalized spacial score (nSPS) is 22.7. The molecule has 27 heavy (non-hydrogen) atoms. The number of hydrogen-bond acceptors (Lipinski definition) is 5.